The van der Waals surface area contributed by atoms with Gasteiger partial charge in [-0.15, -0.1) is 0 Å². The molecule has 98 valence electrons. The first kappa shape index (κ1) is 13.3. The number of hydrogen-bond donors (Lipinski definition) is 1. The van der Waals surface area contributed by atoms with Gasteiger partial charge in [0.2, 0.25) is 0 Å². The van der Waals surface area contributed by atoms with E-state index in [1.54, 1.807) is 0 Å². The molecule has 2 heterocycles. The SMILES string of the molecule is CCCCCCCCn1c(=S)[nH]c2cccnc21. The lowest BCUT2D eigenvalue weighted by Crippen LogP contribution is -1.99. The maximum Gasteiger partial charge on any atom is 0.179 e. The van der Waals surface area contributed by atoms with Crippen LogP contribution in [0.5, 0.6) is 0 Å². The normalized spacial score (nSPS) is 11.2. The van der Waals surface area contributed by atoms with Gasteiger partial charge in [0.25, 0.3) is 0 Å². The number of imidazole rings is 1. The monoisotopic (exact) mass is 263 g/mol. The van der Waals surface area contributed by atoms with Crippen LogP contribution in [-0.4, -0.2) is 14.5 Å². The van der Waals surface area contributed by atoms with Gasteiger partial charge in [0.1, 0.15) is 0 Å². The first-order valence-electron chi connectivity index (χ1n) is 6.86. The van der Waals surface area contributed by atoms with Crippen molar-refractivity contribution in [2.75, 3.05) is 0 Å². The van der Waals surface area contributed by atoms with Gasteiger partial charge in [-0.2, -0.15) is 0 Å². The van der Waals surface area contributed by atoms with Crippen molar-refractivity contribution in [1.29, 1.82) is 0 Å². The Morgan fingerprint density at radius 2 is 2.00 bits per heavy atom. The summed E-state index contributed by atoms with van der Waals surface area (Å²) >= 11 is 5.34. The fourth-order valence-corrected chi connectivity index (χ4v) is 2.53. The fraction of sp³-hybridized carbons (Fsp3) is 0.571. The van der Waals surface area contributed by atoms with Crippen LogP contribution in [0.1, 0.15) is 45.4 Å². The predicted molar refractivity (Wildman–Crippen MR) is 78.3 cm³/mol. The Morgan fingerprint density at radius 1 is 1.22 bits per heavy atom. The number of pyridine rings is 1. The molecule has 0 atom stereocenters. The Kier molecular flexibility index (Phi) is 4.93. The standard InChI is InChI=1S/C14H21N3S/c1-2-3-4-5-6-7-11-17-13-12(16-14(17)18)9-8-10-15-13/h8-10H,2-7,11H2,1H3,(H,16,18). The van der Waals surface area contributed by atoms with Crippen LogP contribution in [0.15, 0.2) is 18.3 Å². The van der Waals surface area contributed by atoms with Gasteiger partial charge >= 0.3 is 0 Å². The third-order valence-electron chi connectivity index (χ3n) is 3.26. The largest absolute Gasteiger partial charge is 0.329 e. The van der Waals surface area contributed by atoms with Crippen LogP contribution in [0.2, 0.25) is 0 Å². The molecule has 3 nitrogen and oxygen atoms in total. The predicted octanol–water partition coefficient (Wildman–Crippen LogP) is 4.45. The molecule has 0 aliphatic rings. The molecular formula is C14H21N3S. The van der Waals surface area contributed by atoms with Crippen LogP contribution in [0, 0.1) is 4.77 Å². The molecule has 0 radical (unpaired) electrons. The van der Waals surface area contributed by atoms with Gasteiger partial charge < -0.3 is 9.55 Å². The van der Waals surface area contributed by atoms with Crippen molar-refractivity contribution >= 4 is 23.4 Å². The van der Waals surface area contributed by atoms with Crippen LogP contribution >= 0.6 is 12.2 Å². The highest BCUT2D eigenvalue weighted by Crippen LogP contribution is 2.13. The lowest BCUT2D eigenvalue weighted by atomic mass is 10.1. The minimum Gasteiger partial charge on any atom is -0.329 e. The highest BCUT2D eigenvalue weighted by molar-refractivity contribution is 7.71. The highest BCUT2D eigenvalue weighted by Gasteiger charge is 2.03. The number of rotatable bonds is 7. The zero-order valence-corrected chi connectivity index (χ0v) is 11.8. The van der Waals surface area contributed by atoms with Gasteiger partial charge in [-0.1, -0.05) is 39.0 Å². The molecule has 0 aliphatic heterocycles. The molecule has 0 unspecified atom stereocenters. The van der Waals surface area contributed by atoms with Gasteiger partial charge in [-0.3, -0.25) is 0 Å². The number of fused-ring (bicyclic) bond motifs is 1. The van der Waals surface area contributed by atoms with Gasteiger partial charge in [0.05, 0.1) is 5.52 Å². The number of aromatic nitrogens is 3. The summed E-state index contributed by atoms with van der Waals surface area (Å²) in [5.41, 5.74) is 2.02. The van der Waals surface area contributed by atoms with Crippen molar-refractivity contribution in [3.63, 3.8) is 0 Å². The fourth-order valence-electron chi connectivity index (χ4n) is 2.25. The molecule has 0 fully saturated rings. The zero-order valence-electron chi connectivity index (χ0n) is 11.0. The maximum atomic E-state index is 5.34. The van der Waals surface area contributed by atoms with E-state index < -0.39 is 0 Å². The Hall–Kier alpha value is -1.16. The second kappa shape index (κ2) is 6.69. The smallest absolute Gasteiger partial charge is 0.179 e. The van der Waals surface area contributed by atoms with Gasteiger partial charge in [0.15, 0.2) is 10.4 Å². The number of H-pyrrole nitrogens is 1. The van der Waals surface area contributed by atoms with E-state index in [2.05, 4.69) is 21.5 Å². The van der Waals surface area contributed by atoms with Gasteiger partial charge in [-0.05, 0) is 30.8 Å². The van der Waals surface area contributed by atoms with E-state index in [1.807, 2.05) is 18.3 Å². The summed E-state index contributed by atoms with van der Waals surface area (Å²) in [7, 11) is 0. The molecular weight excluding hydrogens is 242 g/mol. The Bertz CT molecular complexity index is 541. The van der Waals surface area contributed by atoms with E-state index in [4.69, 9.17) is 12.2 Å². The molecule has 0 aliphatic carbocycles. The molecule has 0 amide bonds. The summed E-state index contributed by atoms with van der Waals surface area (Å²) in [6, 6.07) is 3.96. The summed E-state index contributed by atoms with van der Waals surface area (Å²) in [5.74, 6) is 0. The van der Waals surface area contributed by atoms with E-state index in [9.17, 15) is 0 Å². The minimum absolute atomic E-state index is 0.789. The van der Waals surface area contributed by atoms with E-state index in [-0.39, 0.29) is 0 Å². The second-order valence-electron chi connectivity index (χ2n) is 4.72. The van der Waals surface area contributed by atoms with Crippen LogP contribution in [0.3, 0.4) is 0 Å². The molecule has 18 heavy (non-hydrogen) atoms. The third-order valence-corrected chi connectivity index (χ3v) is 3.59. The highest BCUT2D eigenvalue weighted by atomic mass is 32.1. The molecule has 2 aromatic heterocycles. The van der Waals surface area contributed by atoms with E-state index in [0.29, 0.717) is 0 Å². The quantitative estimate of drug-likeness (QED) is 0.591. The van der Waals surface area contributed by atoms with Crippen molar-refractivity contribution in [1.82, 2.24) is 14.5 Å². The summed E-state index contributed by atoms with van der Waals surface area (Å²) in [5, 5.41) is 0. The molecule has 2 rings (SSSR count). The first-order chi connectivity index (χ1) is 8.83. The van der Waals surface area contributed by atoms with E-state index in [0.717, 1.165) is 22.5 Å². The number of hydrogen-bond acceptors (Lipinski definition) is 2. The minimum atomic E-state index is 0.789. The molecule has 2 aromatic rings. The molecule has 0 bridgehead atoms. The van der Waals surface area contributed by atoms with Crippen molar-refractivity contribution in [3.05, 3.63) is 23.1 Å². The van der Waals surface area contributed by atoms with Crippen molar-refractivity contribution in [3.8, 4) is 0 Å². The third kappa shape index (κ3) is 3.19. The van der Waals surface area contributed by atoms with Gasteiger partial charge in [-0.25, -0.2) is 4.98 Å². The number of unbranched alkanes of at least 4 members (excludes halogenated alkanes) is 5. The van der Waals surface area contributed by atoms with Crippen LogP contribution < -0.4 is 0 Å². The van der Waals surface area contributed by atoms with Crippen molar-refractivity contribution < 1.29 is 0 Å². The Labute approximate surface area is 113 Å². The van der Waals surface area contributed by atoms with Crippen LogP contribution in [-0.2, 0) is 6.54 Å². The summed E-state index contributed by atoms with van der Waals surface area (Å²) in [6.07, 6.45) is 9.63. The van der Waals surface area contributed by atoms with Crippen LogP contribution in [0.25, 0.3) is 11.2 Å². The molecule has 1 N–H and O–H groups in total. The summed E-state index contributed by atoms with van der Waals surface area (Å²) < 4.78 is 2.90. The molecule has 0 spiro atoms. The van der Waals surface area contributed by atoms with E-state index in [1.165, 1.54) is 38.5 Å². The number of aromatic amines is 1. The maximum absolute atomic E-state index is 5.34. The topological polar surface area (TPSA) is 33.6 Å². The summed E-state index contributed by atoms with van der Waals surface area (Å²) in [4.78, 5) is 7.60. The zero-order chi connectivity index (χ0) is 12.8. The van der Waals surface area contributed by atoms with Crippen molar-refractivity contribution in [2.24, 2.45) is 0 Å². The number of nitrogens with one attached hydrogen (secondary N) is 1. The lowest BCUT2D eigenvalue weighted by Gasteiger charge is -2.03. The van der Waals surface area contributed by atoms with Gasteiger partial charge in [0, 0.05) is 12.7 Å². The van der Waals surface area contributed by atoms with E-state index >= 15 is 0 Å². The molecule has 0 saturated heterocycles. The average Bonchev–Trinajstić information content (AvgIpc) is 2.70. The Balaban J connectivity index is 1.91. The number of aryl methyl sites for hydroxylation is 1. The molecule has 0 aromatic carbocycles. The van der Waals surface area contributed by atoms with Crippen LogP contribution in [0.4, 0.5) is 0 Å². The lowest BCUT2D eigenvalue weighted by molar-refractivity contribution is 0.560. The number of nitrogens with zero attached hydrogens (tertiary/aromatic N) is 2. The molecule has 0 saturated carbocycles. The second-order valence-corrected chi connectivity index (χ2v) is 5.11. The Morgan fingerprint density at radius 3 is 2.83 bits per heavy atom. The molecule has 4 heteroatoms. The first-order valence-corrected chi connectivity index (χ1v) is 7.27. The summed E-state index contributed by atoms with van der Waals surface area (Å²) in [6.45, 7) is 3.22. The van der Waals surface area contributed by atoms with Crippen molar-refractivity contribution in [2.45, 2.75) is 52.0 Å². The average molecular weight is 263 g/mol.